The average Bonchev–Trinajstić information content (AvgIpc) is 2.91. The number of hydrogen-bond acceptors (Lipinski definition) is 6. The van der Waals surface area contributed by atoms with Crippen LogP contribution in [0, 0.1) is 0 Å². The van der Waals surface area contributed by atoms with Crippen molar-refractivity contribution in [3.05, 3.63) is 46.5 Å². The average molecular weight is 403 g/mol. The number of Topliss-reactive ketones (excluding diaryl/α,β-unsaturated/α-hetero) is 1. The van der Waals surface area contributed by atoms with Crippen LogP contribution < -0.4 is 19.1 Å². The normalized spacial score (nSPS) is 15.2. The lowest BCUT2D eigenvalue weighted by Crippen LogP contribution is -2.39. The highest BCUT2D eigenvalue weighted by molar-refractivity contribution is 6.52. The molecule has 28 heavy (non-hydrogen) atoms. The molecule has 0 aromatic heterocycles. The Bertz CT molecular complexity index is 962. The van der Waals surface area contributed by atoms with Gasteiger partial charge in [0, 0.05) is 23.2 Å². The van der Waals surface area contributed by atoms with Crippen molar-refractivity contribution >= 4 is 29.0 Å². The molecule has 0 saturated heterocycles. The van der Waals surface area contributed by atoms with Gasteiger partial charge in [-0.3, -0.25) is 19.4 Å². The number of carbonyl (C=O) groups is 2. The van der Waals surface area contributed by atoms with Crippen LogP contribution in [0.15, 0.2) is 30.3 Å². The van der Waals surface area contributed by atoms with Crippen LogP contribution in [0.3, 0.4) is 0 Å². The minimum absolute atomic E-state index is 0.229. The minimum atomic E-state index is -0.567. The summed E-state index contributed by atoms with van der Waals surface area (Å²) in [6.07, 6.45) is 0. The maximum Gasteiger partial charge on any atom is 0.300 e. The van der Waals surface area contributed by atoms with Crippen LogP contribution in [0.5, 0.6) is 17.2 Å². The molecule has 0 aliphatic carbocycles. The van der Waals surface area contributed by atoms with Crippen LogP contribution in [0.4, 0.5) is 5.69 Å². The summed E-state index contributed by atoms with van der Waals surface area (Å²) in [6, 6.07) is 8.66. The number of methoxy groups -OCH3 is 1. The van der Waals surface area contributed by atoms with Crippen molar-refractivity contribution in [3.63, 3.8) is 0 Å². The molecule has 7 nitrogen and oxygen atoms in total. The molecule has 0 unspecified atom stereocenters. The molecule has 0 N–H and O–H groups in total. The Kier molecular flexibility index (Phi) is 4.87. The molecular formula is C20H19ClN2O5. The molecule has 0 bridgehead atoms. The zero-order chi connectivity index (χ0) is 19.8. The van der Waals surface area contributed by atoms with Gasteiger partial charge in [-0.25, -0.2) is 0 Å². The topological polar surface area (TPSA) is 68.3 Å². The third-order valence-electron chi connectivity index (χ3n) is 4.70. The Labute approximate surface area is 167 Å². The molecule has 4 rings (SSSR count). The van der Waals surface area contributed by atoms with Crippen molar-refractivity contribution in [3.8, 4) is 17.2 Å². The van der Waals surface area contributed by atoms with Gasteiger partial charge < -0.3 is 14.2 Å². The number of carbonyl (C=O) groups excluding carboxylic acids is 2. The van der Waals surface area contributed by atoms with Crippen LogP contribution in [0.25, 0.3) is 0 Å². The standard InChI is InChI=1S/C20H19ClN2O5/c1-22(10-12-7-13(21)3-4-16(12)26-2)11-23-15-9-18-17(27-5-6-28-18)8-14(15)19(24)20(23)25/h3-4,7-9H,5-6,10-11H2,1-2H3. The Morgan fingerprint density at radius 3 is 2.57 bits per heavy atom. The summed E-state index contributed by atoms with van der Waals surface area (Å²) in [5, 5.41) is 0.603. The molecule has 146 valence electrons. The molecule has 0 saturated carbocycles. The maximum absolute atomic E-state index is 12.6. The fourth-order valence-electron chi connectivity index (χ4n) is 3.42. The van der Waals surface area contributed by atoms with E-state index in [4.69, 9.17) is 25.8 Å². The summed E-state index contributed by atoms with van der Waals surface area (Å²) in [6.45, 7) is 1.57. The van der Waals surface area contributed by atoms with E-state index in [9.17, 15) is 9.59 Å². The van der Waals surface area contributed by atoms with E-state index in [1.54, 1.807) is 31.4 Å². The van der Waals surface area contributed by atoms with Crippen molar-refractivity contribution in [2.75, 3.05) is 38.9 Å². The third kappa shape index (κ3) is 3.27. The first-order valence-corrected chi connectivity index (χ1v) is 9.16. The third-order valence-corrected chi connectivity index (χ3v) is 4.94. The number of amides is 1. The predicted octanol–water partition coefficient (Wildman–Crippen LogP) is 2.74. The molecule has 8 heteroatoms. The van der Waals surface area contributed by atoms with E-state index in [2.05, 4.69) is 0 Å². The molecule has 2 aromatic rings. The first kappa shape index (κ1) is 18.6. The van der Waals surface area contributed by atoms with Crippen LogP contribution in [-0.4, -0.2) is 50.6 Å². The summed E-state index contributed by atoms with van der Waals surface area (Å²) in [5.41, 5.74) is 1.75. The van der Waals surface area contributed by atoms with Gasteiger partial charge in [-0.2, -0.15) is 0 Å². The number of fused-ring (bicyclic) bond motifs is 2. The van der Waals surface area contributed by atoms with Gasteiger partial charge in [0.15, 0.2) is 11.5 Å². The highest BCUT2D eigenvalue weighted by Gasteiger charge is 2.38. The van der Waals surface area contributed by atoms with E-state index in [0.29, 0.717) is 53.3 Å². The molecule has 0 fully saturated rings. The van der Waals surface area contributed by atoms with Gasteiger partial charge in [0.25, 0.3) is 5.78 Å². The van der Waals surface area contributed by atoms with Crippen LogP contribution >= 0.6 is 11.6 Å². The van der Waals surface area contributed by atoms with Gasteiger partial charge in [0.2, 0.25) is 0 Å². The Morgan fingerprint density at radius 2 is 1.86 bits per heavy atom. The van der Waals surface area contributed by atoms with E-state index < -0.39 is 11.7 Å². The van der Waals surface area contributed by atoms with E-state index in [1.165, 1.54) is 4.90 Å². The first-order valence-electron chi connectivity index (χ1n) is 8.78. The summed E-state index contributed by atoms with van der Waals surface area (Å²) in [5.74, 6) is 0.629. The second-order valence-electron chi connectivity index (χ2n) is 6.69. The van der Waals surface area contributed by atoms with E-state index in [0.717, 1.165) is 5.56 Å². The molecule has 0 radical (unpaired) electrons. The van der Waals surface area contributed by atoms with Crippen LogP contribution in [0.1, 0.15) is 15.9 Å². The second-order valence-corrected chi connectivity index (χ2v) is 7.12. The molecule has 2 aliphatic heterocycles. The quantitative estimate of drug-likeness (QED) is 0.716. The fraction of sp³-hybridized carbons (Fsp3) is 0.300. The molecule has 0 spiro atoms. The molecule has 0 atom stereocenters. The van der Waals surface area contributed by atoms with Crippen molar-refractivity contribution in [1.82, 2.24) is 4.90 Å². The summed E-state index contributed by atoms with van der Waals surface area (Å²) in [4.78, 5) is 28.4. The summed E-state index contributed by atoms with van der Waals surface area (Å²) >= 11 is 6.10. The van der Waals surface area contributed by atoms with E-state index >= 15 is 0 Å². The lowest BCUT2D eigenvalue weighted by molar-refractivity contribution is -0.114. The lowest BCUT2D eigenvalue weighted by Gasteiger charge is -2.26. The highest BCUT2D eigenvalue weighted by atomic mass is 35.5. The van der Waals surface area contributed by atoms with Gasteiger partial charge in [-0.15, -0.1) is 0 Å². The number of ketones is 1. The second kappa shape index (κ2) is 7.33. The monoisotopic (exact) mass is 402 g/mol. The van der Waals surface area contributed by atoms with Crippen molar-refractivity contribution < 1.29 is 23.8 Å². The number of hydrogen-bond donors (Lipinski definition) is 0. The minimum Gasteiger partial charge on any atom is -0.496 e. The highest BCUT2D eigenvalue weighted by Crippen LogP contribution is 2.40. The molecule has 2 aliphatic rings. The summed E-state index contributed by atoms with van der Waals surface area (Å²) in [7, 11) is 3.45. The molecule has 1 amide bonds. The van der Waals surface area contributed by atoms with Crippen molar-refractivity contribution in [2.45, 2.75) is 6.54 Å². The number of halogens is 1. The number of rotatable bonds is 5. The largest absolute Gasteiger partial charge is 0.496 e. The smallest absolute Gasteiger partial charge is 0.300 e. The fourth-order valence-corrected chi connectivity index (χ4v) is 3.62. The number of anilines is 1. The molecule has 2 aromatic carbocycles. The van der Waals surface area contributed by atoms with Gasteiger partial charge >= 0.3 is 5.91 Å². The SMILES string of the molecule is COc1ccc(Cl)cc1CN(C)CN1C(=O)C(=O)c2cc3c(cc21)OCCO3. The molecular weight excluding hydrogens is 384 g/mol. The van der Waals surface area contributed by atoms with Crippen molar-refractivity contribution in [2.24, 2.45) is 0 Å². The Balaban J connectivity index is 1.58. The first-order chi connectivity index (χ1) is 13.5. The Morgan fingerprint density at radius 1 is 1.14 bits per heavy atom. The van der Waals surface area contributed by atoms with Crippen LogP contribution in [-0.2, 0) is 11.3 Å². The lowest BCUT2D eigenvalue weighted by atomic mass is 10.1. The van der Waals surface area contributed by atoms with Crippen LogP contribution in [0.2, 0.25) is 5.02 Å². The molecule has 2 heterocycles. The predicted molar refractivity (Wildman–Crippen MR) is 104 cm³/mol. The Hall–Kier alpha value is -2.77. The van der Waals surface area contributed by atoms with Gasteiger partial charge in [-0.1, -0.05) is 11.6 Å². The van der Waals surface area contributed by atoms with Gasteiger partial charge in [-0.05, 0) is 31.3 Å². The van der Waals surface area contributed by atoms with E-state index in [1.807, 2.05) is 18.0 Å². The number of benzene rings is 2. The summed E-state index contributed by atoms with van der Waals surface area (Å²) < 4.78 is 16.5. The van der Waals surface area contributed by atoms with E-state index in [-0.39, 0.29) is 6.67 Å². The maximum atomic E-state index is 12.6. The number of nitrogens with zero attached hydrogens (tertiary/aromatic N) is 2. The number of ether oxygens (including phenoxy) is 3. The zero-order valence-corrected chi connectivity index (χ0v) is 16.3. The van der Waals surface area contributed by atoms with Gasteiger partial charge in [0.05, 0.1) is 25.0 Å². The zero-order valence-electron chi connectivity index (χ0n) is 15.5. The van der Waals surface area contributed by atoms with Gasteiger partial charge in [0.1, 0.15) is 19.0 Å². The van der Waals surface area contributed by atoms with Crippen molar-refractivity contribution in [1.29, 1.82) is 0 Å².